The molecule has 18 heavy (non-hydrogen) atoms. The van der Waals surface area contributed by atoms with Gasteiger partial charge in [-0.05, 0) is 44.7 Å². The number of rotatable bonds is 7. The van der Waals surface area contributed by atoms with Gasteiger partial charge in [-0.2, -0.15) is 0 Å². The van der Waals surface area contributed by atoms with E-state index >= 15 is 0 Å². The fraction of sp³-hybridized carbons (Fsp3) is 0.923. The van der Waals surface area contributed by atoms with Gasteiger partial charge in [0, 0.05) is 13.7 Å². The molecule has 1 aliphatic rings. The molecule has 1 fully saturated rings. The van der Waals surface area contributed by atoms with E-state index in [9.17, 15) is 4.79 Å². The molecule has 0 heterocycles. The molecule has 0 aromatic heterocycles. The second-order valence-electron chi connectivity index (χ2n) is 4.97. The highest BCUT2D eigenvalue weighted by Gasteiger charge is 2.21. The van der Waals surface area contributed by atoms with Crippen LogP contribution >= 0.6 is 0 Å². The highest BCUT2D eigenvalue weighted by Crippen LogP contribution is 2.28. The van der Waals surface area contributed by atoms with Gasteiger partial charge in [-0.15, -0.1) is 0 Å². The fourth-order valence-corrected chi connectivity index (χ4v) is 2.56. The maximum absolute atomic E-state index is 11.4. The summed E-state index contributed by atoms with van der Waals surface area (Å²) in [6.07, 6.45) is 4.63. The number of amides is 1. The first-order valence-electron chi connectivity index (χ1n) is 6.80. The summed E-state index contributed by atoms with van der Waals surface area (Å²) in [4.78, 5) is 11.4. The summed E-state index contributed by atoms with van der Waals surface area (Å²) in [5.74, 6) is 1.34. The molecule has 5 nitrogen and oxygen atoms in total. The molecule has 1 rings (SSSR count). The quantitative estimate of drug-likeness (QED) is 0.677. The zero-order valence-electron chi connectivity index (χ0n) is 11.5. The molecule has 0 aromatic rings. The minimum atomic E-state index is -0.331. The molecule has 0 bridgehead atoms. The number of hydrogen-bond acceptors (Lipinski definition) is 4. The van der Waals surface area contributed by atoms with Crippen molar-refractivity contribution in [3.8, 4) is 0 Å². The van der Waals surface area contributed by atoms with Gasteiger partial charge in [0.05, 0.1) is 6.61 Å². The Morgan fingerprint density at radius 1 is 1.22 bits per heavy atom. The van der Waals surface area contributed by atoms with Gasteiger partial charge in [0.15, 0.2) is 0 Å². The molecule has 0 spiro atoms. The second-order valence-corrected chi connectivity index (χ2v) is 4.97. The van der Waals surface area contributed by atoms with E-state index < -0.39 is 0 Å². The molecular weight excluding hydrogens is 232 g/mol. The van der Waals surface area contributed by atoms with Crippen LogP contribution in [0.25, 0.3) is 0 Å². The van der Waals surface area contributed by atoms with Crippen molar-refractivity contribution >= 4 is 6.09 Å². The van der Waals surface area contributed by atoms with E-state index in [2.05, 4.69) is 10.6 Å². The molecule has 2 N–H and O–H groups in total. The van der Waals surface area contributed by atoms with E-state index in [1.165, 1.54) is 25.7 Å². The predicted octanol–water partition coefficient (Wildman–Crippen LogP) is 1.38. The Morgan fingerprint density at radius 3 is 2.61 bits per heavy atom. The van der Waals surface area contributed by atoms with Gasteiger partial charge in [-0.1, -0.05) is 6.42 Å². The molecule has 0 radical (unpaired) electrons. The number of carbonyl (C=O) groups is 1. The zero-order chi connectivity index (χ0) is 13.2. The van der Waals surface area contributed by atoms with Crippen molar-refractivity contribution in [1.29, 1.82) is 0 Å². The fourth-order valence-electron chi connectivity index (χ4n) is 2.56. The standard InChI is InChI=1S/C13H26N2O3/c1-14-9-11-4-3-5-12(8-11)10-15-13(16)18-7-6-17-2/h11-12,14H,3-10H2,1-2H3,(H,15,16). The second kappa shape index (κ2) is 9.16. The number of alkyl carbamates (subject to hydrolysis) is 1. The Kier molecular flexibility index (Phi) is 7.76. The van der Waals surface area contributed by atoms with Crippen LogP contribution < -0.4 is 10.6 Å². The van der Waals surface area contributed by atoms with Crippen LogP contribution in [-0.2, 0) is 9.47 Å². The summed E-state index contributed by atoms with van der Waals surface area (Å²) >= 11 is 0. The summed E-state index contributed by atoms with van der Waals surface area (Å²) in [6, 6.07) is 0. The van der Waals surface area contributed by atoms with Crippen LogP contribution in [0.5, 0.6) is 0 Å². The van der Waals surface area contributed by atoms with Crippen molar-refractivity contribution < 1.29 is 14.3 Å². The minimum absolute atomic E-state index is 0.315. The highest BCUT2D eigenvalue weighted by molar-refractivity contribution is 5.67. The maximum atomic E-state index is 11.4. The van der Waals surface area contributed by atoms with E-state index in [0.29, 0.717) is 19.1 Å². The molecule has 5 heteroatoms. The normalized spacial score (nSPS) is 23.7. The molecule has 0 saturated heterocycles. The molecular formula is C13H26N2O3. The van der Waals surface area contributed by atoms with Gasteiger partial charge in [0.1, 0.15) is 6.61 Å². The van der Waals surface area contributed by atoms with Crippen molar-refractivity contribution in [1.82, 2.24) is 10.6 Å². The molecule has 106 valence electrons. The lowest BCUT2D eigenvalue weighted by molar-refractivity contribution is 0.0968. The molecule has 1 amide bonds. The van der Waals surface area contributed by atoms with Crippen LogP contribution in [0.4, 0.5) is 4.79 Å². The van der Waals surface area contributed by atoms with Crippen molar-refractivity contribution in [2.24, 2.45) is 11.8 Å². The molecule has 1 aliphatic carbocycles. The Morgan fingerprint density at radius 2 is 1.94 bits per heavy atom. The van der Waals surface area contributed by atoms with Gasteiger partial charge in [-0.3, -0.25) is 0 Å². The molecule has 0 aliphatic heterocycles. The molecule has 2 atom stereocenters. The lowest BCUT2D eigenvalue weighted by atomic mass is 9.81. The third-order valence-electron chi connectivity index (χ3n) is 3.44. The van der Waals surface area contributed by atoms with Gasteiger partial charge in [0.2, 0.25) is 0 Å². The van der Waals surface area contributed by atoms with Crippen LogP contribution in [0.2, 0.25) is 0 Å². The smallest absolute Gasteiger partial charge is 0.407 e. The molecule has 0 aromatic carbocycles. The summed E-state index contributed by atoms with van der Waals surface area (Å²) in [5.41, 5.74) is 0. The predicted molar refractivity (Wildman–Crippen MR) is 70.6 cm³/mol. The van der Waals surface area contributed by atoms with Gasteiger partial charge >= 0.3 is 6.09 Å². The Labute approximate surface area is 110 Å². The zero-order valence-corrected chi connectivity index (χ0v) is 11.5. The van der Waals surface area contributed by atoms with Crippen LogP contribution in [0, 0.1) is 11.8 Å². The van der Waals surface area contributed by atoms with E-state index in [-0.39, 0.29) is 6.09 Å². The van der Waals surface area contributed by atoms with Gasteiger partial charge in [-0.25, -0.2) is 4.79 Å². The number of hydrogen-bond donors (Lipinski definition) is 2. The summed E-state index contributed by atoms with van der Waals surface area (Å²) in [7, 11) is 3.58. The average molecular weight is 258 g/mol. The first-order chi connectivity index (χ1) is 8.76. The molecule has 1 saturated carbocycles. The largest absolute Gasteiger partial charge is 0.447 e. The Bertz CT molecular complexity index is 234. The van der Waals surface area contributed by atoms with Gasteiger partial charge in [0.25, 0.3) is 0 Å². The van der Waals surface area contributed by atoms with Gasteiger partial charge < -0.3 is 20.1 Å². The maximum Gasteiger partial charge on any atom is 0.407 e. The minimum Gasteiger partial charge on any atom is -0.447 e. The van der Waals surface area contributed by atoms with E-state index in [0.717, 1.165) is 19.0 Å². The van der Waals surface area contributed by atoms with E-state index in [1.807, 2.05) is 7.05 Å². The Balaban J connectivity index is 2.12. The van der Waals surface area contributed by atoms with Crippen molar-refractivity contribution in [2.75, 3.05) is 40.5 Å². The third kappa shape index (κ3) is 6.21. The monoisotopic (exact) mass is 258 g/mol. The first kappa shape index (κ1) is 15.2. The Hall–Kier alpha value is -0.810. The lowest BCUT2D eigenvalue weighted by Gasteiger charge is -2.29. The summed E-state index contributed by atoms with van der Waals surface area (Å²) in [5, 5.41) is 6.07. The van der Waals surface area contributed by atoms with Crippen LogP contribution in [0.15, 0.2) is 0 Å². The molecule has 2 unspecified atom stereocenters. The van der Waals surface area contributed by atoms with E-state index in [4.69, 9.17) is 9.47 Å². The summed E-state index contributed by atoms with van der Waals surface area (Å²) in [6.45, 7) is 2.57. The number of carbonyl (C=O) groups excluding carboxylic acids is 1. The average Bonchev–Trinajstić information content (AvgIpc) is 2.38. The SMILES string of the molecule is CNCC1CCCC(CNC(=O)OCCOC)C1. The number of ether oxygens (including phenoxy) is 2. The first-order valence-corrected chi connectivity index (χ1v) is 6.80. The summed E-state index contributed by atoms with van der Waals surface area (Å²) < 4.78 is 9.78. The van der Waals surface area contributed by atoms with Crippen molar-refractivity contribution in [3.63, 3.8) is 0 Å². The van der Waals surface area contributed by atoms with Crippen LogP contribution in [0.3, 0.4) is 0 Å². The topological polar surface area (TPSA) is 59.6 Å². The van der Waals surface area contributed by atoms with Crippen molar-refractivity contribution in [3.05, 3.63) is 0 Å². The number of nitrogens with one attached hydrogen (secondary N) is 2. The van der Waals surface area contributed by atoms with Crippen LogP contribution in [-0.4, -0.2) is 46.6 Å². The number of methoxy groups -OCH3 is 1. The van der Waals surface area contributed by atoms with Crippen molar-refractivity contribution in [2.45, 2.75) is 25.7 Å². The third-order valence-corrected chi connectivity index (χ3v) is 3.44. The highest BCUT2D eigenvalue weighted by atomic mass is 16.6. The van der Waals surface area contributed by atoms with E-state index in [1.54, 1.807) is 7.11 Å². The lowest BCUT2D eigenvalue weighted by Crippen LogP contribution is -2.34. The van der Waals surface area contributed by atoms with Crippen LogP contribution in [0.1, 0.15) is 25.7 Å².